The van der Waals surface area contributed by atoms with Crippen molar-refractivity contribution in [2.24, 2.45) is 11.3 Å². The molecule has 5 rings (SSSR count). The third kappa shape index (κ3) is 4.95. The fourth-order valence-electron chi connectivity index (χ4n) is 7.86. The molecule has 0 aromatic heterocycles. The lowest BCUT2D eigenvalue weighted by atomic mass is 9.46. The summed E-state index contributed by atoms with van der Waals surface area (Å²) in [6.07, 6.45) is -3.46. The minimum Gasteiger partial charge on any atom is -0.465 e. The highest BCUT2D eigenvalue weighted by molar-refractivity contribution is 5.67. The summed E-state index contributed by atoms with van der Waals surface area (Å²) in [5, 5.41) is 24.6. The molecule has 0 amide bonds. The van der Waals surface area contributed by atoms with Gasteiger partial charge < -0.3 is 33.9 Å². The van der Waals surface area contributed by atoms with Crippen LogP contribution in [0.5, 0.6) is 0 Å². The van der Waals surface area contributed by atoms with Gasteiger partial charge in [0.1, 0.15) is 18.3 Å². The Bertz CT molecular complexity index is 1260. The third-order valence-electron chi connectivity index (χ3n) is 9.47. The molecule has 2 aromatic carbocycles. The highest BCUT2D eigenvalue weighted by atomic mass is 16.6. The van der Waals surface area contributed by atoms with Crippen LogP contribution in [-0.2, 0) is 46.5 Å². The van der Waals surface area contributed by atoms with Gasteiger partial charge in [-0.05, 0) is 44.7 Å². The first-order valence-corrected chi connectivity index (χ1v) is 14.6. The van der Waals surface area contributed by atoms with Crippen LogP contribution >= 0.6 is 0 Å². The molecule has 1 spiro atoms. The Balaban J connectivity index is 1.71. The zero-order valence-electron chi connectivity index (χ0n) is 24.9. The topological polar surface area (TPSA) is 121 Å². The molecule has 42 heavy (non-hydrogen) atoms. The van der Waals surface area contributed by atoms with Gasteiger partial charge in [-0.25, -0.2) is 0 Å². The van der Waals surface area contributed by atoms with E-state index in [1.807, 2.05) is 74.5 Å². The Kier molecular flexibility index (Phi) is 8.28. The Hall–Kier alpha value is -2.82. The number of carbonyl (C=O) groups excluding carboxylic acids is 2. The molecule has 1 heterocycles. The molecule has 2 saturated carbocycles. The van der Waals surface area contributed by atoms with Gasteiger partial charge in [-0.1, -0.05) is 60.7 Å². The van der Waals surface area contributed by atoms with Gasteiger partial charge in [0.2, 0.25) is 0 Å². The minimum absolute atomic E-state index is 0.138. The largest absolute Gasteiger partial charge is 0.465 e. The second-order valence-electron chi connectivity index (χ2n) is 12.6. The normalized spacial score (nSPS) is 36.6. The van der Waals surface area contributed by atoms with Gasteiger partial charge in [0, 0.05) is 13.8 Å². The van der Waals surface area contributed by atoms with Crippen molar-refractivity contribution in [2.45, 2.75) is 102 Å². The first-order chi connectivity index (χ1) is 19.9. The van der Waals surface area contributed by atoms with E-state index >= 15 is 0 Å². The van der Waals surface area contributed by atoms with Crippen LogP contribution in [0.3, 0.4) is 0 Å². The van der Waals surface area contributed by atoms with Crippen molar-refractivity contribution < 1.29 is 43.5 Å². The number of rotatable bonds is 9. The molecule has 8 unspecified atom stereocenters. The standard InChI is InChI=1S/C33H42O9/c1-21(34)40-20-32-25(38-18-23-12-8-6-9-13-23)16-17-31(5,37)33(32)28(41-22(2)35)26(30(3,4)42-33)27(36)29(32)39-19-24-14-10-7-11-15-24/h6-15,25-29,36-37H,16-20H2,1-5H3. The van der Waals surface area contributed by atoms with E-state index in [1.165, 1.54) is 13.8 Å². The maximum atomic E-state index is 12.6. The number of aliphatic hydroxyl groups excluding tert-OH is 1. The third-order valence-corrected chi connectivity index (χ3v) is 9.47. The van der Waals surface area contributed by atoms with Crippen molar-refractivity contribution in [3.63, 3.8) is 0 Å². The Morgan fingerprint density at radius 2 is 1.45 bits per heavy atom. The van der Waals surface area contributed by atoms with Gasteiger partial charge in [-0.3, -0.25) is 9.59 Å². The number of hydrogen-bond acceptors (Lipinski definition) is 9. The number of aliphatic hydroxyl groups is 2. The van der Waals surface area contributed by atoms with Gasteiger partial charge >= 0.3 is 11.9 Å². The van der Waals surface area contributed by atoms with Crippen LogP contribution in [0, 0.1) is 11.3 Å². The zero-order valence-corrected chi connectivity index (χ0v) is 24.9. The van der Waals surface area contributed by atoms with E-state index in [1.54, 1.807) is 6.92 Å². The maximum absolute atomic E-state index is 12.6. The molecule has 2 N–H and O–H groups in total. The van der Waals surface area contributed by atoms with Crippen molar-refractivity contribution in [1.82, 2.24) is 0 Å². The fourth-order valence-corrected chi connectivity index (χ4v) is 7.86. The van der Waals surface area contributed by atoms with Gasteiger partial charge in [-0.15, -0.1) is 0 Å². The summed E-state index contributed by atoms with van der Waals surface area (Å²) in [7, 11) is 0. The molecule has 3 aliphatic rings. The van der Waals surface area contributed by atoms with Crippen molar-refractivity contribution >= 4 is 11.9 Å². The van der Waals surface area contributed by atoms with Crippen molar-refractivity contribution in [3.8, 4) is 0 Å². The number of hydrogen-bond donors (Lipinski definition) is 2. The van der Waals surface area contributed by atoms with E-state index in [0.717, 1.165) is 11.1 Å². The van der Waals surface area contributed by atoms with Crippen LogP contribution in [0.4, 0.5) is 0 Å². The van der Waals surface area contributed by atoms with Crippen molar-refractivity contribution in [2.75, 3.05) is 6.61 Å². The molecule has 9 heteroatoms. The number of benzene rings is 2. The van der Waals surface area contributed by atoms with Crippen molar-refractivity contribution in [3.05, 3.63) is 71.8 Å². The lowest BCUT2D eigenvalue weighted by Crippen LogP contribution is -2.83. The Morgan fingerprint density at radius 1 is 0.881 bits per heavy atom. The summed E-state index contributed by atoms with van der Waals surface area (Å²) in [5.74, 6) is -1.88. The quantitative estimate of drug-likeness (QED) is 0.426. The summed E-state index contributed by atoms with van der Waals surface area (Å²) in [6, 6.07) is 19.2. The molecule has 0 radical (unpaired) electrons. The predicted octanol–water partition coefficient (Wildman–Crippen LogP) is 3.72. The molecule has 9 nitrogen and oxygen atoms in total. The first kappa shape index (κ1) is 30.6. The van der Waals surface area contributed by atoms with E-state index in [4.69, 9.17) is 23.7 Å². The molecular formula is C33H42O9. The lowest BCUT2D eigenvalue weighted by molar-refractivity contribution is -0.359. The molecule has 2 aliphatic carbocycles. The van der Waals surface area contributed by atoms with Crippen LogP contribution in [0.2, 0.25) is 0 Å². The second-order valence-corrected chi connectivity index (χ2v) is 12.6. The summed E-state index contributed by atoms with van der Waals surface area (Å²) in [5.41, 5.74) is -3.98. The van der Waals surface area contributed by atoms with Gasteiger partial charge in [-0.2, -0.15) is 0 Å². The predicted molar refractivity (Wildman–Crippen MR) is 152 cm³/mol. The van der Waals surface area contributed by atoms with Crippen LogP contribution in [0.15, 0.2) is 60.7 Å². The smallest absolute Gasteiger partial charge is 0.303 e. The van der Waals surface area contributed by atoms with E-state index in [-0.39, 0.29) is 26.2 Å². The molecule has 1 saturated heterocycles. The van der Waals surface area contributed by atoms with E-state index in [0.29, 0.717) is 6.42 Å². The van der Waals surface area contributed by atoms with E-state index in [2.05, 4.69) is 0 Å². The van der Waals surface area contributed by atoms with Crippen LogP contribution in [0.1, 0.15) is 58.6 Å². The van der Waals surface area contributed by atoms with Gasteiger partial charge in [0.05, 0.1) is 54.1 Å². The lowest BCUT2D eigenvalue weighted by Gasteiger charge is -2.66. The number of fused-ring (bicyclic) bond motifs is 1. The SMILES string of the molecule is CC(=O)OCC12C(OCc3ccccc3)CCC(C)(O)C13OC(C)(C)C(C(O)C2OCc1ccccc1)C3OC(C)=O. The monoisotopic (exact) mass is 582 g/mol. The average Bonchev–Trinajstić information content (AvgIpc) is 3.14. The maximum Gasteiger partial charge on any atom is 0.303 e. The molecule has 8 atom stereocenters. The zero-order chi connectivity index (χ0) is 30.3. The van der Waals surface area contributed by atoms with E-state index in [9.17, 15) is 19.8 Å². The fraction of sp³-hybridized carbons (Fsp3) is 0.576. The van der Waals surface area contributed by atoms with Crippen molar-refractivity contribution in [1.29, 1.82) is 0 Å². The Labute approximate surface area is 247 Å². The molecule has 2 aromatic rings. The average molecular weight is 583 g/mol. The highest BCUT2D eigenvalue weighted by Gasteiger charge is 2.85. The summed E-state index contributed by atoms with van der Waals surface area (Å²) >= 11 is 0. The van der Waals surface area contributed by atoms with E-state index < -0.39 is 64.5 Å². The molecule has 2 bridgehead atoms. The molecular weight excluding hydrogens is 540 g/mol. The highest BCUT2D eigenvalue weighted by Crippen LogP contribution is 2.69. The molecule has 1 aliphatic heterocycles. The second kappa shape index (κ2) is 11.4. The summed E-state index contributed by atoms with van der Waals surface area (Å²) in [4.78, 5) is 25.0. The molecule has 3 fully saturated rings. The molecule has 228 valence electrons. The summed E-state index contributed by atoms with van der Waals surface area (Å²) in [6.45, 7) is 7.94. The van der Waals surface area contributed by atoms with Gasteiger partial charge in [0.15, 0.2) is 0 Å². The first-order valence-electron chi connectivity index (χ1n) is 14.6. The number of ether oxygens (including phenoxy) is 5. The number of esters is 2. The minimum atomic E-state index is -1.66. The van der Waals surface area contributed by atoms with Crippen LogP contribution in [-0.4, -0.2) is 70.0 Å². The Morgan fingerprint density at radius 3 is 2.00 bits per heavy atom. The van der Waals surface area contributed by atoms with Crippen LogP contribution in [0.25, 0.3) is 0 Å². The summed E-state index contributed by atoms with van der Waals surface area (Å²) < 4.78 is 32.0. The van der Waals surface area contributed by atoms with Crippen LogP contribution < -0.4 is 0 Å². The van der Waals surface area contributed by atoms with Gasteiger partial charge in [0.25, 0.3) is 0 Å². The number of carbonyl (C=O) groups is 2.